The topological polar surface area (TPSA) is 101 Å². The number of carbonyl (C=O) groups excluding carboxylic acids is 2. The van der Waals surface area contributed by atoms with E-state index in [2.05, 4.69) is 0 Å². The van der Waals surface area contributed by atoms with Crippen LogP contribution in [0.3, 0.4) is 0 Å². The zero-order valence-electron chi connectivity index (χ0n) is 16.9. The fourth-order valence-electron chi connectivity index (χ4n) is 3.81. The maximum absolute atomic E-state index is 13.9. The first-order chi connectivity index (χ1) is 15.3. The van der Waals surface area contributed by atoms with Gasteiger partial charge < -0.3 is 5.11 Å². The largest absolute Gasteiger partial charge is 0.507 e. The molecule has 4 rings (SSSR count). The molecule has 3 aromatic carbocycles. The lowest BCUT2D eigenvalue weighted by molar-refractivity contribution is -0.384. The molecule has 32 heavy (non-hydrogen) atoms. The smallest absolute Gasteiger partial charge is 0.300 e. The molecular formula is C24H17FN2O5. The molecule has 1 fully saturated rings. The van der Waals surface area contributed by atoms with Crippen LogP contribution in [-0.4, -0.2) is 21.7 Å². The summed E-state index contributed by atoms with van der Waals surface area (Å²) in [6, 6.07) is 16.3. The lowest BCUT2D eigenvalue weighted by atomic mass is 9.92. The van der Waals surface area contributed by atoms with Crippen molar-refractivity contribution in [3.8, 4) is 0 Å². The molecule has 1 amide bonds. The predicted octanol–water partition coefficient (Wildman–Crippen LogP) is 4.67. The van der Waals surface area contributed by atoms with Crippen molar-refractivity contribution in [1.29, 1.82) is 0 Å². The molecule has 0 bridgehead atoms. The Bertz CT molecular complexity index is 1280. The first-order valence-corrected chi connectivity index (χ1v) is 9.66. The number of hydrogen-bond acceptors (Lipinski definition) is 5. The number of Topliss-reactive ketones (excluding diaryl/α,β-unsaturated/α-hetero) is 1. The molecule has 3 aromatic rings. The number of ketones is 1. The van der Waals surface area contributed by atoms with Crippen LogP contribution in [0, 0.1) is 22.9 Å². The Hall–Kier alpha value is -4.33. The van der Waals surface area contributed by atoms with Crippen LogP contribution < -0.4 is 4.90 Å². The molecule has 1 aliphatic heterocycles. The zero-order valence-corrected chi connectivity index (χ0v) is 16.9. The molecule has 160 valence electrons. The molecular weight excluding hydrogens is 415 g/mol. The molecule has 1 aliphatic rings. The molecule has 0 aliphatic carbocycles. The van der Waals surface area contributed by atoms with Crippen LogP contribution in [-0.2, 0) is 9.59 Å². The second-order valence-electron chi connectivity index (χ2n) is 7.31. The van der Waals surface area contributed by atoms with Crippen LogP contribution >= 0.6 is 0 Å². The van der Waals surface area contributed by atoms with Gasteiger partial charge in [-0.05, 0) is 48.4 Å². The highest BCUT2D eigenvalue weighted by atomic mass is 19.1. The highest BCUT2D eigenvalue weighted by molar-refractivity contribution is 6.51. The monoisotopic (exact) mass is 432 g/mol. The Balaban J connectivity index is 1.94. The Morgan fingerprint density at radius 2 is 1.72 bits per heavy atom. The number of anilines is 1. The van der Waals surface area contributed by atoms with Gasteiger partial charge in [0.05, 0.1) is 16.5 Å². The number of hydrogen-bond donors (Lipinski definition) is 1. The van der Waals surface area contributed by atoms with E-state index in [1.807, 2.05) is 0 Å². The predicted molar refractivity (Wildman–Crippen MR) is 115 cm³/mol. The minimum Gasteiger partial charge on any atom is -0.507 e. The summed E-state index contributed by atoms with van der Waals surface area (Å²) in [5.41, 5.74) is 1.30. The van der Waals surface area contributed by atoms with Crippen LogP contribution in [0.1, 0.15) is 22.7 Å². The number of nitro benzene ring substituents is 1. The van der Waals surface area contributed by atoms with Crippen molar-refractivity contribution in [3.63, 3.8) is 0 Å². The number of nitro groups is 1. The van der Waals surface area contributed by atoms with Crippen LogP contribution in [0.25, 0.3) is 5.76 Å². The van der Waals surface area contributed by atoms with Crippen molar-refractivity contribution < 1.29 is 24.0 Å². The van der Waals surface area contributed by atoms with Crippen molar-refractivity contribution in [3.05, 3.63) is 111 Å². The summed E-state index contributed by atoms with van der Waals surface area (Å²) in [4.78, 5) is 37.6. The summed E-state index contributed by atoms with van der Waals surface area (Å²) < 4.78 is 13.9. The molecule has 1 N–H and O–H groups in total. The van der Waals surface area contributed by atoms with Gasteiger partial charge in [-0.25, -0.2) is 4.39 Å². The van der Waals surface area contributed by atoms with Gasteiger partial charge in [-0.1, -0.05) is 30.3 Å². The Morgan fingerprint density at radius 1 is 1.03 bits per heavy atom. The van der Waals surface area contributed by atoms with Crippen LogP contribution in [0.5, 0.6) is 0 Å². The molecule has 0 aromatic heterocycles. The fraction of sp³-hybridized carbons (Fsp3) is 0.0833. The average molecular weight is 432 g/mol. The summed E-state index contributed by atoms with van der Waals surface area (Å²) in [5.74, 6) is -2.89. The number of carbonyl (C=O) groups is 2. The normalized spacial score (nSPS) is 17.6. The average Bonchev–Trinajstić information content (AvgIpc) is 3.04. The molecule has 1 unspecified atom stereocenters. The molecule has 0 saturated carbocycles. The van der Waals surface area contributed by atoms with Crippen molar-refractivity contribution >= 4 is 28.8 Å². The number of aliphatic hydroxyl groups excluding tert-OH is 1. The van der Waals surface area contributed by atoms with Gasteiger partial charge in [-0.3, -0.25) is 24.6 Å². The number of halogens is 1. The van der Waals surface area contributed by atoms with E-state index in [1.54, 1.807) is 31.2 Å². The second kappa shape index (κ2) is 8.07. The highest BCUT2D eigenvalue weighted by Gasteiger charge is 2.47. The second-order valence-corrected chi connectivity index (χ2v) is 7.31. The summed E-state index contributed by atoms with van der Waals surface area (Å²) in [7, 11) is 0. The fourth-order valence-corrected chi connectivity index (χ4v) is 3.81. The number of amides is 1. The van der Waals surface area contributed by atoms with Crippen molar-refractivity contribution in [2.24, 2.45) is 0 Å². The minimum atomic E-state index is -1.01. The van der Waals surface area contributed by atoms with Gasteiger partial charge in [0.15, 0.2) is 0 Å². The first-order valence-electron chi connectivity index (χ1n) is 9.66. The van der Waals surface area contributed by atoms with Gasteiger partial charge in [-0.2, -0.15) is 0 Å². The molecule has 7 nitrogen and oxygen atoms in total. The number of non-ortho nitro benzene ring substituents is 1. The van der Waals surface area contributed by atoms with Gasteiger partial charge in [-0.15, -0.1) is 0 Å². The van der Waals surface area contributed by atoms with E-state index in [0.717, 1.165) is 16.5 Å². The molecule has 1 saturated heterocycles. The number of aryl methyl sites for hydroxylation is 1. The van der Waals surface area contributed by atoms with E-state index < -0.39 is 34.2 Å². The number of rotatable bonds is 4. The van der Waals surface area contributed by atoms with Gasteiger partial charge >= 0.3 is 0 Å². The van der Waals surface area contributed by atoms with Crippen molar-refractivity contribution in [1.82, 2.24) is 0 Å². The standard InChI is InChI=1S/C24H17FN2O5/c1-14-5-2-3-8-19(14)21-20(22(28)15-9-11-17(12-10-15)27(31)32)23(29)24(30)26(21)18-7-4-6-16(25)13-18/h2-13,21,28H,1H3/b22-20+. The third-order valence-electron chi connectivity index (χ3n) is 5.37. The number of benzene rings is 3. The Kier molecular flexibility index (Phi) is 5.28. The number of nitrogens with zero attached hydrogens (tertiary/aromatic N) is 2. The summed E-state index contributed by atoms with van der Waals surface area (Å²) in [5, 5.41) is 21.9. The number of aliphatic hydroxyl groups is 1. The van der Waals surface area contributed by atoms with Gasteiger partial charge in [0.25, 0.3) is 17.4 Å². The molecule has 0 radical (unpaired) electrons. The maximum Gasteiger partial charge on any atom is 0.300 e. The van der Waals surface area contributed by atoms with Gasteiger partial charge in [0.1, 0.15) is 11.6 Å². The third kappa shape index (κ3) is 3.51. The summed E-state index contributed by atoms with van der Waals surface area (Å²) in [6.45, 7) is 1.80. The van der Waals surface area contributed by atoms with E-state index >= 15 is 0 Å². The van der Waals surface area contributed by atoms with E-state index in [1.165, 1.54) is 42.5 Å². The minimum absolute atomic E-state index is 0.145. The van der Waals surface area contributed by atoms with Crippen molar-refractivity contribution in [2.45, 2.75) is 13.0 Å². The SMILES string of the molecule is Cc1ccccc1C1/C(=C(\O)c2ccc([N+](=O)[O-])cc2)C(=O)C(=O)N1c1cccc(F)c1. The lowest BCUT2D eigenvalue weighted by Gasteiger charge is -2.26. The van der Waals surface area contributed by atoms with Crippen LogP contribution in [0.2, 0.25) is 0 Å². The van der Waals surface area contributed by atoms with E-state index in [-0.39, 0.29) is 22.5 Å². The van der Waals surface area contributed by atoms with E-state index in [0.29, 0.717) is 5.56 Å². The van der Waals surface area contributed by atoms with Crippen LogP contribution in [0.15, 0.2) is 78.4 Å². The van der Waals surface area contributed by atoms with E-state index in [4.69, 9.17) is 0 Å². The molecule has 1 heterocycles. The molecule has 0 spiro atoms. The first kappa shape index (κ1) is 20.9. The van der Waals surface area contributed by atoms with Gasteiger partial charge in [0.2, 0.25) is 0 Å². The molecule has 8 heteroatoms. The Morgan fingerprint density at radius 3 is 2.34 bits per heavy atom. The lowest BCUT2D eigenvalue weighted by Crippen LogP contribution is -2.29. The van der Waals surface area contributed by atoms with E-state index in [9.17, 15) is 29.2 Å². The van der Waals surface area contributed by atoms with Crippen molar-refractivity contribution in [2.75, 3.05) is 4.90 Å². The van der Waals surface area contributed by atoms with Gasteiger partial charge in [0, 0.05) is 23.4 Å². The third-order valence-corrected chi connectivity index (χ3v) is 5.37. The summed E-state index contributed by atoms with van der Waals surface area (Å²) >= 11 is 0. The molecule has 1 atom stereocenters. The zero-order chi connectivity index (χ0) is 23.0. The maximum atomic E-state index is 13.9. The summed E-state index contributed by atoms with van der Waals surface area (Å²) in [6.07, 6.45) is 0. The Labute approximate surface area is 182 Å². The highest BCUT2D eigenvalue weighted by Crippen LogP contribution is 2.43. The quantitative estimate of drug-likeness (QED) is 0.212. The van der Waals surface area contributed by atoms with Crippen LogP contribution in [0.4, 0.5) is 15.8 Å².